The van der Waals surface area contributed by atoms with Crippen LogP contribution in [0.1, 0.15) is 25.7 Å². The number of amides is 1. The number of benzene rings is 2. The predicted molar refractivity (Wildman–Crippen MR) is 125 cm³/mol. The van der Waals surface area contributed by atoms with Crippen LogP contribution in [0.3, 0.4) is 0 Å². The lowest BCUT2D eigenvalue weighted by atomic mass is 10.2. The number of sulfonamides is 1. The van der Waals surface area contributed by atoms with Gasteiger partial charge < -0.3 is 9.73 Å². The molecule has 0 saturated heterocycles. The van der Waals surface area contributed by atoms with Gasteiger partial charge in [0.2, 0.25) is 21.8 Å². The molecule has 2 N–H and O–H groups in total. The first kappa shape index (κ1) is 22.6. The number of anilines is 2. The van der Waals surface area contributed by atoms with Crippen molar-refractivity contribution in [1.29, 1.82) is 0 Å². The molecule has 2 aromatic carbocycles. The van der Waals surface area contributed by atoms with Gasteiger partial charge in [0.25, 0.3) is 5.22 Å². The van der Waals surface area contributed by atoms with Gasteiger partial charge in [-0.25, -0.2) is 8.42 Å². The fourth-order valence-electron chi connectivity index (χ4n) is 3.37. The van der Waals surface area contributed by atoms with Crippen LogP contribution in [0.2, 0.25) is 5.02 Å². The van der Waals surface area contributed by atoms with Crippen LogP contribution in [0.5, 0.6) is 0 Å². The van der Waals surface area contributed by atoms with Gasteiger partial charge in [-0.05, 0) is 61.4 Å². The zero-order valence-electron chi connectivity index (χ0n) is 17.0. The summed E-state index contributed by atoms with van der Waals surface area (Å²) in [6.45, 7) is 0. The van der Waals surface area contributed by atoms with E-state index in [2.05, 4.69) is 20.2 Å². The molecular weight excluding hydrogens is 472 g/mol. The molecule has 0 unspecified atom stereocenters. The highest BCUT2D eigenvalue weighted by molar-refractivity contribution is 7.99. The largest absolute Gasteiger partial charge is 0.411 e. The van der Waals surface area contributed by atoms with Crippen LogP contribution >= 0.6 is 23.4 Å². The lowest BCUT2D eigenvalue weighted by molar-refractivity contribution is -0.113. The summed E-state index contributed by atoms with van der Waals surface area (Å²) >= 11 is 6.95. The number of nitrogens with one attached hydrogen (secondary N) is 2. The quantitative estimate of drug-likeness (QED) is 0.434. The van der Waals surface area contributed by atoms with Crippen LogP contribution in [0.25, 0.3) is 11.5 Å². The highest BCUT2D eigenvalue weighted by Gasteiger charge is 2.28. The molecule has 1 amide bonds. The van der Waals surface area contributed by atoms with Gasteiger partial charge in [0.1, 0.15) is 0 Å². The van der Waals surface area contributed by atoms with E-state index in [4.69, 9.17) is 16.0 Å². The minimum Gasteiger partial charge on any atom is -0.411 e. The number of carbonyl (C=O) groups is 1. The van der Waals surface area contributed by atoms with E-state index < -0.39 is 10.0 Å². The maximum Gasteiger partial charge on any atom is 0.277 e. The van der Waals surface area contributed by atoms with Crippen LogP contribution in [0, 0.1) is 0 Å². The van der Waals surface area contributed by atoms with E-state index in [1.807, 2.05) is 0 Å². The molecule has 1 aliphatic rings. The summed E-state index contributed by atoms with van der Waals surface area (Å²) in [5.74, 6) is 0.179. The second kappa shape index (κ2) is 9.93. The molecular formula is C21H21ClN4O4S2. The van der Waals surface area contributed by atoms with Gasteiger partial charge in [-0.3, -0.25) is 9.52 Å². The molecule has 3 aromatic rings. The van der Waals surface area contributed by atoms with Crippen LogP contribution in [-0.4, -0.2) is 35.5 Å². The molecule has 32 heavy (non-hydrogen) atoms. The summed E-state index contributed by atoms with van der Waals surface area (Å²) in [6.07, 6.45) is 3.30. The molecule has 11 heteroatoms. The number of halogens is 1. The molecule has 0 atom stereocenters. The number of nitrogens with zero attached hydrogens (tertiary/aromatic N) is 2. The first-order valence-electron chi connectivity index (χ1n) is 10.0. The lowest BCUT2D eigenvalue weighted by Gasteiger charge is -2.13. The number of aromatic nitrogens is 2. The summed E-state index contributed by atoms with van der Waals surface area (Å²) in [6, 6.07) is 13.6. The Morgan fingerprint density at radius 2 is 1.69 bits per heavy atom. The van der Waals surface area contributed by atoms with Gasteiger partial charge >= 0.3 is 0 Å². The van der Waals surface area contributed by atoms with E-state index in [1.54, 1.807) is 48.5 Å². The van der Waals surface area contributed by atoms with Crippen molar-refractivity contribution >= 4 is 50.7 Å². The Morgan fingerprint density at radius 1 is 1.03 bits per heavy atom. The Morgan fingerprint density at radius 3 is 2.38 bits per heavy atom. The Kier molecular flexibility index (Phi) is 7.02. The van der Waals surface area contributed by atoms with E-state index >= 15 is 0 Å². The Bertz CT molecular complexity index is 1180. The minimum atomic E-state index is -3.38. The van der Waals surface area contributed by atoms with Crippen molar-refractivity contribution in [2.45, 2.75) is 36.2 Å². The second-order valence-electron chi connectivity index (χ2n) is 7.35. The maximum absolute atomic E-state index is 12.4. The highest BCUT2D eigenvalue weighted by atomic mass is 35.5. The van der Waals surface area contributed by atoms with Crippen LogP contribution < -0.4 is 10.0 Å². The van der Waals surface area contributed by atoms with E-state index in [0.717, 1.165) is 24.6 Å². The molecule has 1 saturated carbocycles. The Labute approximate surface area is 195 Å². The summed E-state index contributed by atoms with van der Waals surface area (Å²) in [5.41, 5.74) is 1.79. The van der Waals surface area contributed by atoms with E-state index in [0.29, 0.717) is 34.8 Å². The molecule has 0 bridgehead atoms. The summed E-state index contributed by atoms with van der Waals surface area (Å²) in [5, 5.41) is 11.2. The predicted octanol–water partition coefficient (Wildman–Crippen LogP) is 4.81. The average Bonchev–Trinajstić information content (AvgIpc) is 3.47. The van der Waals surface area contributed by atoms with Gasteiger partial charge in [0.15, 0.2) is 0 Å². The zero-order valence-corrected chi connectivity index (χ0v) is 19.3. The van der Waals surface area contributed by atoms with Crippen molar-refractivity contribution in [3.05, 3.63) is 53.6 Å². The summed E-state index contributed by atoms with van der Waals surface area (Å²) in [7, 11) is -3.38. The zero-order chi connectivity index (χ0) is 22.6. The number of carbonyl (C=O) groups excluding carboxylic acids is 1. The number of hydrogen-bond donors (Lipinski definition) is 2. The van der Waals surface area contributed by atoms with Crippen molar-refractivity contribution in [2.75, 3.05) is 15.8 Å². The molecule has 1 aliphatic carbocycles. The molecule has 4 rings (SSSR count). The molecule has 168 valence electrons. The fraction of sp³-hybridized carbons (Fsp3) is 0.286. The summed E-state index contributed by atoms with van der Waals surface area (Å²) in [4.78, 5) is 12.1. The Balaban J connectivity index is 1.32. The molecule has 0 aliphatic heterocycles. The fourth-order valence-corrected chi connectivity index (χ4v) is 5.64. The Hall–Kier alpha value is -2.56. The third-order valence-corrected chi connectivity index (χ3v) is 7.93. The van der Waals surface area contributed by atoms with Crippen LogP contribution in [0.15, 0.2) is 58.2 Å². The molecule has 1 fully saturated rings. The number of rotatable bonds is 8. The third-order valence-electron chi connectivity index (χ3n) is 4.99. The van der Waals surface area contributed by atoms with Crippen molar-refractivity contribution in [1.82, 2.24) is 10.2 Å². The van der Waals surface area contributed by atoms with Crippen molar-refractivity contribution < 1.29 is 17.6 Å². The van der Waals surface area contributed by atoms with Gasteiger partial charge in [0.05, 0.1) is 11.0 Å². The molecule has 0 spiro atoms. The number of hydrogen-bond acceptors (Lipinski definition) is 7. The minimum absolute atomic E-state index is 0.103. The van der Waals surface area contributed by atoms with Crippen molar-refractivity contribution in [3.63, 3.8) is 0 Å². The summed E-state index contributed by atoms with van der Waals surface area (Å²) < 4.78 is 33.1. The monoisotopic (exact) mass is 492 g/mol. The van der Waals surface area contributed by atoms with Gasteiger partial charge in [-0.15, -0.1) is 10.2 Å². The topological polar surface area (TPSA) is 114 Å². The molecule has 0 radical (unpaired) electrons. The van der Waals surface area contributed by atoms with E-state index in [-0.39, 0.29) is 28.0 Å². The lowest BCUT2D eigenvalue weighted by Crippen LogP contribution is -2.25. The first-order valence-corrected chi connectivity index (χ1v) is 12.9. The van der Waals surface area contributed by atoms with Crippen LogP contribution in [0.4, 0.5) is 11.4 Å². The SMILES string of the molecule is O=C(CSc1nnc(-c2ccc(NS(=O)(=O)C3CCCC3)cc2)o1)Nc1ccc(Cl)cc1. The average molecular weight is 493 g/mol. The molecule has 8 nitrogen and oxygen atoms in total. The van der Waals surface area contributed by atoms with E-state index in [9.17, 15) is 13.2 Å². The molecule has 1 heterocycles. The van der Waals surface area contributed by atoms with E-state index in [1.165, 1.54) is 0 Å². The van der Waals surface area contributed by atoms with Gasteiger partial charge in [-0.1, -0.05) is 36.2 Å². The smallest absolute Gasteiger partial charge is 0.277 e. The maximum atomic E-state index is 12.4. The number of thioether (sulfide) groups is 1. The van der Waals surface area contributed by atoms with Gasteiger partial charge in [0, 0.05) is 22.0 Å². The molecule has 1 aromatic heterocycles. The van der Waals surface area contributed by atoms with Crippen molar-refractivity contribution in [2.24, 2.45) is 0 Å². The third kappa shape index (κ3) is 5.81. The highest BCUT2D eigenvalue weighted by Crippen LogP contribution is 2.28. The van der Waals surface area contributed by atoms with Crippen LogP contribution in [-0.2, 0) is 14.8 Å². The first-order chi connectivity index (χ1) is 15.4. The standard InChI is InChI=1S/C21H21ClN4O4S2/c22-15-7-11-16(12-8-15)23-19(27)13-31-21-25-24-20(30-21)14-5-9-17(10-6-14)26-32(28,29)18-3-1-2-4-18/h5-12,18,26H,1-4,13H2,(H,23,27). The van der Waals surface area contributed by atoms with Crippen molar-refractivity contribution in [3.8, 4) is 11.5 Å². The normalized spacial score (nSPS) is 14.4. The second-order valence-corrected chi connectivity index (χ2v) is 10.7. The van der Waals surface area contributed by atoms with Gasteiger partial charge in [-0.2, -0.15) is 0 Å².